The Kier molecular flexibility index (Phi) is 7.01. The molecule has 0 unspecified atom stereocenters. The Bertz CT molecular complexity index is 932. The third kappa shape index (κ3) is 6.46. The van der Waals surface area contributed by atoms with E-state index in [1.54, 1.807) is 0 Å². The molecule has 12 heteroatoms. The third-order valence-corrected chi connectivity index (χ3v) is 5.44. The summed E-state index contributed by atoms with van der Waals surface area (Å²) in [5.74, 6) is -3.42. The Hall–Kier alpha value is -2.18. The second-order valence-electron chi connectivity index (χ2n) is 5.29. The van der Waals surface area contributed by atoms with Crippen molar-refractivity contribution >= 4 is 33.4 Å². The normalized spacial score (nSPS) is 12.2. The lowest BCUT2D eigenvalue weighted by Gasteiger charge is -2.11. The van der Waals surface area contributed by atoms with Crippen LogP contribution in [-0.2, 0) is 10.0 Å². The van der Waals surface area contributed by atoms with Crippen molar-refractivity contribution in [1.82, 2.24) is 4.72 Å². The van der Waals surface area contributed by atoms with Crippen molar-refractivity contribution < 1.29 is 35.2 Å². The summed E-state index contributed by atoms with van der Waals surface area (Å²) in [5, 5.41) is 2.41. The fourth-order valence-electron chi connectivity index (χ4n) is 2.03. The molecule has 0 saturated carbocycles. The van der Waals surface area contributed by atoms with Gasteiger partial charge in [-0.25, -0.2) is 13.1 Å². The van der Waals surface area contributed by atoms with Crippen molar-refractivity contribution in [3.05, 3.63) is 54.1 Å². The van der Waals surface area contributed by atoms with Crippen LogP contribution >= 0.6 is 11.8 Å². The summed E-state index contributed by atoms with van der Waals surface area (Å²) in [6.07, 6.45) is -4.70. The van der Waals surface area contributed by atoms with E-state index in [9.17, 15) is 35.2 Å². The van der Waals surface area contributed by atoms with E-state index in [1.807, 2.05) is 0 Å². The second kappa shape index (κ2) is 8.88. The van der Waals surface area contributed by atoms with Crippen LogP contribution in [0.3, 0.4) is 0 Å². The van der Waals surface area contributed by atoms with Crippen LogP contribution in [0.4, 0.5) is 27.6 Å². The largest absolute Gasteiger partial charge is 0.402 e. The van der Waals surface area contributed by atoms with Gasteiger partial charge in [0.1, 0.15) is 6.54 Å². The lowest BCUT2D eigenvalue weighted by atomic mass is 10.2. The standard InChI is InChI=1S/C16H13F5N2O3S2/c17-15(18)27-13-4-2-1-3-12(13)14(24)23-10-5-7-11(8-6-10)28(25,26)22-9-16(19,20)21/h1-8,15,22H,9H2,(H,23,24). The van der Waals surface area contributed by atoms with Gasteiger partial charge in [-0.15, -0.1) is 0 Å². The van der Waals surface area contributed by atoms with Crippen LogP contribution in [0.15, 0.2) is 58.3 Å². The van der Waals surface area contributed by atoms with Crippen LogP contribution < -0.4 is 10.0 Å². The molecule has 152 valence electrons. The van der Waals surface area contributed by atoms with E-state index >= 15 is 0 Å². The zero-order chi connectivity index (χ0) is 20.9. The first-order chi connectivity index (χ1) is 13.0. The monoisotopic (exact) mass is 440 g/mol. The van der Waals surface area contributed by atoms with Gasteiger partial charge in [0.05, 0.1) is 10.5 Å². The average Bonchev–Trinajstić information content (AvgIpc) is 2.60. The molecule has 0 spiro atoms. The molecule has 0 saturated heterocycles. The fraction of sp³-hybridized carbons (Fsp3) is 0.188. The van der Waals surface area contributed by atoms with E-state index in [2.05, 4.69) is 5.32 Å². The summed E-state index contributed by atoms with van der Waals surface area (Å²) < 4.78 is 86.7. The molecule has 0 aliphatic rings. The maximum atomic E-state index is 12.6. The lowest BCUT2D eigenvalue weighted by molar-refractivity contribution is -0.121. The van der Waals surface area contributed by atoms with E-state index in [4.69, 9.17) is 0 Å². The predicted octanol–water partition coefficient (Wildman–Crippen LogP) is 4.09. The SMILES string of the molecule is O=C(Nc1ccc(S(=O)(=O)NCC(F)(F)F)cc1)c1ccccc1SC(F)F. The summed E-state index contributed by atoms with van der Waals surface area (Å²) in [5.41, 5.74) is 0.132. The van der Waals surface area contributed by atoms with Crippen LogP contribution in [0.1, 0.15) is 10.4 Å². The molecule has 0 aliphatic carbocycles. The molecule has 0 radical (unpaired) electrons. The van der Waals surface area contributed by atoms with Crippen LogP contribution in [0, 0.1) is 0 Å². The molecule has 5 nitrogen and oxygen atoms in total. The van der Waals surface area contributed by atoms with E-state index < -0.39 is 39.3 Å². The zero-order valence-corrected chi connectivity index (χ0v) is 15.5. The zero-order valence-electron chi connectivity index (χ0n) is 13.8. The van der Waals surface area contributed by atoms with Gasteiger partial charge in [-0.2, -0.15) is 22.0 Å². The maximum absolute atomic E-state index is 12.6. The van der Waals surface area contributed by atoms with Gasteiger partial charge in [0.15, 0.2) is 0 Å². The van der Waals surface area contributed by atoms with Crippen molar-refractivity contribution in [3.63, 3.8) is 0 Å². The summed E-state index contributed by atoms with van der Waals surface area (Å²) in [7, 11) is -4.38. The van der Waals surface area contributed by atoms with Crippen molar-refractivity contribution in [2.75, 3.05) is 11.9 Å². The van der Waals surface area contributed by atoms with Gasteiger partial charge >= 0.3 is 6.18 Å². The minimum atomic E-state index is -4.70. The molecule has 1 amide bonds. The number of hydrogen-bond acceptors (Lipinski definition) is 4. The van der Waals surface area contributed by atoms with Crippen molar-refractivity contribution in [1.29, 1.82) is 0 Å². The van der Waals surface area contributed by atoms with Gasteiger partial charge in [0.2, 0.25) is 10.0 Å². The molecule has 0 fully saturated rings. The Morgan fingerprint density at radius 2 is 1.64 bits per heavy atom. The Labute approximate surface area is 161 Å². The van der Waals surface area contributed by atoms with Gasteiger partial charge in [-0.05, 0) is 36.4 Å². The lowest BCUT2D eigenvalue weighted by Crippen LogP contribution is -2.33. The van der Waals surface area contributed by atoms with Gasteiger partial charge in [0, 0.05) is 10.6 Å². The van der Waals surface area contributed by atoms with Crippen molar-refractivity contribution in [2.45, 2.75) is 21.7 Å². The molecular weight excluding hydrogens is 427 g/mol. The van der Waals surface area contributed by atoms with E-state index in [-0.39, 0.29) is 27.9 Å². The number of thioether (sulfide) groups is 1. The number of hydrogen-bond donors (Lipinski definition) is 2. The molecule has 2 aromatic carbocycles. The molecule has 0 aromatic heterocycles. The van der Waals surface area contributed by atoms with Crippen LogP contribution in [0.25, 0.3) is 0 Å². The average molecular weight is 440 g/mol. The molecule has 0 heterocycles. The Morgan fingerprint density at radius 3 is 2.21 bits per heavy atom. The molecule has 0 atom stereocenters. The second-order valence-corrected chi connectivity index (χ2v) is 8.09. The van der Waals surface area contributed by atoms with Crippen molar-refractivity contribution in [2.24, 2.45) is 0 Å². The molecule has 28 heavy (non-hydrogen) atoms. The number of carbonyl (C=O) groups excluding carboxylic acids is 1. The van der Waals surface area contributed by atoms with Gasteiger partial charge in [0.25, 0.3) is 11.7 Å². The number of halogens is 5. The smallest absolute Gasteiger partial charge is 0.322 e. The van der Waals surface area contributed by atoms with Crippen LogP contribution in [-0.4, -0.2) is 32.8 Å². The highest BCUT2D eigenvalue weighted by Gasteiger charge is 2.30. The first-order valence-electron chi connectivity index (χ1n) is 7.49. The topological polar surface area (TPSA) is 75.3 Å². The summed E-state index contributed by atoms with van der Waals surface area (Å²) in [6.45, 7) is -1.72. The molecule has 2 rings (SSSR count). The quantitative estimate of drug-likeness (QED) is 0.502. The van der Waals surface area contributed by atoms with Gasteiger partial charge < -0.3 is 5.32 Å². The molecule has 2 aromatic rings. The highest BCUT2D eigenvalue weighted by atomic mass is 32.2. The number of sulfonamides is 1. The first kappa shape index (κ1) is 22.1. The number of anilines is 1. The minimum absolute atomic E-state index is 0.00339. The number of amides is 1. The molecule has 0 bridgehead atoms. The van der Waals surface area contributed by atoms with Gasteiger partial charge in [-0.1, -0.05) is 23.9 Å². The Morgan fingerprint density at radius 1 is 1.04 bits per heavy atom. The molecular formula is C16H13F5N2O3S2. The van der Waals surface area contributed by atoms with E-state index in [1.165, 1.54) is 41.1 Å². The van der Waals surface area contributed by atoms with Gasteiger partial charge in [-0.3, -0.25) is 4.79 Å². The number of benzene rings is 2. The number of rotatable bonds is 7. The highest BCUT2D eigenvalue weighted by molar-refractivity contribution is 7.99. The summed E-state index contributed by atoms with van der Waals surface area (Å²) in [6, 6.07) is 10.0. The van der Waals surface area contributed by atoms with E-state index in [0.717, 1.165) is 12.1 Å². The number of nitrogens with one attached hydrogen (secondary N) is 2. The molecule has 0 aliphatic heterocycles. The minimum Gasteiger partial charge on any atom is -0.322 e. The highest BCUT2D eigenvalue weighted by Crippen LogP contribution is 2.29. The number of alkyl halides is 5. The van der Waals surface area contributed by atoms with Crippen molar-refractivity contribution in [3.8, 4) is 0 Å². The van der Waals surface area contributed by atoms with E-state index in [0.29, 0.717) is 0 Å². The summed E-state index contributed by atoms with van der Waals surface area (Å²) >= 11 is 0.204. The predicted molar refractivity (Wildman–Crippen MR) is 93.9 cm³/mol. The van der Waals surface area contributed by atoms with Crippen LogP contribution in [0.5, 0.6) is 0 Å². The summed E-state index contributed by atoms with van der Waals surface area (Å²) in [4.78, 5) is 11.9. The maximum Gasteiger partial charge on any atom is 0.402 e. The Balaban J connectivity index is 2.12. The molecule has 2 N–H and O–H groups in total. The third-order valence-electron chi connectivity index (χ3n) is 3.23. The number of carbonyl (C=O) groups is 1. The van der Waals surface area contributed by atoms with Crippen LogP contribution in [0.2, 0.25) is 0 Å². The first-order valence-corrected chi connectivity index (χ1v) is 9.86. The fourth-order valence-corrected chi connectivity index (χ4v) is 3.68.